The van der Waals surface area contributed by atoms with Gasteiger partial charge < -0.3 is 15.2 Å². The van der Waals surface area contributed by atoms with E-state index in [1.165, 1.54) is 12.1 Å². The molecule has 120 valence electrons. The van der Waals surface area contributed by atoms with Gasteiger partial charge in [0.2, 0.25) is 0 Å². The predicted octanol–water partition coefficient (Wildman–Crippen LogP) is 4.21. The summed E-state index contributed by atoms with van der Waals surface area (Å²) in [5, 5.41) is 11.4. The van der Waals surface area contributed by atoms with Gasteiger partial charge in [0.25, 0.3) is 0 Å². The number of ether oxygens (including phenoxy) is 1. The van der Waals surface area contributed by atoms with E-state index in [0.29, 0.717) is 0 Å². The lowest BCUT2D eigenvalue weighted by atomic mass is 10.00. The van der Waals surface area contributed by atoms with Crippen LogP contribution in [0.25, 0.3) is 11.1 Å². The number of hydrogen-bond acceptors (Lipinski definition) is 2. The normalized spacial score (nSPS) is 16.2. The van der Waals surface area contributed by atoms with E-state index in [9.17, 15) is 13.6 Å². The molecule has 2 aromatic rings. The van der Waals surface area contributed by atoms with Crippen LogP contribution in [0.3, 0.4) is 0 Å². The Morgan fingerprint density at radius 1 is 1.17 bits per heavy atom. The molecule has 1 aliphatic carbocycles. The third kappa shape index (κ3) is 3.41. The Balaban J connectivity index is 1.81. The van der Waals surface area contributed by atoms with Crippen molar-refractivity contribution in [3.05, 3.63) is 53.6 Å². The molecule has 6 heteroatoms. The lowest BCUT2D eigenvalue weighted by Gasteiger charge is -2.12. The molecule has 1 aliphatic rings. The van der Waals surface area contributed by atoms with Gasteiger partial charge in [-0.15, -0.1) is 0 Å². The Morgan fingerprint density at radius 3 is 2.52 bits per heavy atom. The molecule has 1 atom stereocenters. The number of benzene rings is 2. The molecule has 0 fully saturated rings. The zero-order valence-electron chi connectivity index (χ0n) is 12.1. The van der Waals surface area contributed by atoms with Gasteiger partial charge in [-0.05, 0) is 47.2 Å². The fourth-order valence-corrected chi connectivity index (χ4v) is 2.92. The minimum Gasteiger partial charge on any atom is -0.465 e. The maximum atomic E-state index is 12.2. The van der Waals surface area contributed by atoms with Crippen LogP contribution in [0.4, 0.5) is 13.6 Å². The number of nitrogens with one attached hydrogen (secondary N) is 1. The second kappa shape index (κ2) is 6.24. The zero-order chi connectivity index (χ0) is 16.4. The van der Waals surface area contributed by atoms with E-state index < -0.39 is 12.7 Å². The fraction of sp³-hybridized carbons (Fsp3) is 0.235. The zero-order valence-corrected chi connectivity index (χ0v) is 12.1. The van der Waals surface area contributed by atoms with Crippen LogP contribution in [0.15, 0.2) is 42.5 Å². The van der Waals surface area contributed by atoms with Crippen LogP contribution in [0, 0.1) is 0 Å². The molecule has 0 saturated heterocycles. The van der Waals surface area contributed by atoms with Gasteiger partial charge >= 0.3 is 12.7 Å². The van der Waals surface area contributed by atoms with Crippen molar-refractivity contribution in [1.29, 1.82) is 0 Å². The molecule has 0 aromatic heterocycles. The maximum Gasteiger partial charge on any atom is 0.405 e. The number of carboxylic acid groups (broad SMARTS) is 1. The summed E-state index contributed by atoms with van der Waals surface area (Å²) in [6.07, 6.45) is 0.522. The van der Waals surface area contributed by atoms with Gasteiger partial charge in [-0.3, -0.25) is 0 Å². The molecule has 0 heterocycles. The number of alkyl halides is 2. The summed E-state index contributed by atoms with van der Waals surface area (Å²) >= 11 is 0. The largest absolute Gasteiger partial charge is 0.465 e. The summed E-state index contributed by atoms with van der Waals surface area (Å²) in [4.78, 5) is 10.8. The Kier molecular flexibility index (Phi) is 4.14. The van der Waals surface area contributed by atoms with Crippen LogP contribution < -0.4 is 10.1 Å². The number of fused-ring (bicyclic) bond motifs is 1. The van der Waals surface area contributed by atoms with Crippen molar-refractivity contribution in [3.63, 3.8) is 0 Å². The Bertz CT molecular complexity index is 716. The minimum atomic E-state index is -2.83. The predicted molar refractivity (Wildman–Crippen MR) is 80.7 cm³/mol. The summed E-state index contributed by atoms with van der Waals surface area (Å²) in [6.45, 7) is -2.83. The average molecular weight is 319 g/mol. The Labute approximate surface area is 131 Å². The number of aryl methyl sites for hydroxylation is 1. The van der Waals surface area contributed by atoms with Crippen LogP contribution in [0.2, 0.25) is 0 Å². The first kappa shape index (κ1) is 15.3. The second-order valence-electron chi connectivity index (χ2n) is 5.36. The highest BCUT2D eigenvalue weighted by Gasteiger charge is 2.24. The van der Waals surface area contributed by atoms with Gasteiger partial charge in [0.05, 0.1) is 6.04 Å². The van der Waals surface area contributed by atoms with Gasteiger partial charge in [-0.2, -0.15) is 8.78 Å². The molecule has 0 bridgehead atoms. The highest BCUT2D eigenvalue weighted by atomic mass is 19.3. The molecule has 3 rings (SSSR count). The molecule has 23 heavy (non-hydrogen) atoms. The van der Waals surface area contributed by atoms with Gasteiger partial charge in [0.1, 0.15) is 5.75 Å². The first-order chi connectivity index (χ1) is 11.0. The Morgan fingerprint density at radius 2 is 1.87 bits per heavy atom. The topological polar surface area (TPSA) is 58.6 Å². The summed E-state index contributed by atoms with van der Waals surface area (Å²) in [5.74, 6) is 0.121. The van der Waals surface area contributed by atoms with E-state index in [1.807, 2.05) is 18.2 Å². The van der Waals surface area contributed by atoms with E-state index in [0.717, 1.165) is 35.1 Å². The molecule has 0 radical (unpaired) electrons. The second-order valence-corrected chi connectivity index (χ2v) is 5.36. The van der Waals surface area contributed by atoms with Gasteiger partial charge in [-0.1, -0.05) is 30.3 Å². The van der Waals surface area contributed by atoms with E-state index in [4.69, 9.17) is 5.11 Å². The van der Waals surface area contributed by atoms with Crippen molar-refractivity contribution in [2.45, 2.75) is 25.5 Å². The van der Waals surface area contributed by atoms with Gasteiger partial charge in [-0.25, -0.2) is 4.79 Å². The summed E-state index contributed by atoms with van der Waals surface area (Å²) < 4.78 is 28.6. The molecule has 0 saturated carbocycles. The van der Waals surface area contributed by atoms with E-state index in [1.54, 1.807) is 12.1 Å². The molecule has 2 N–H and O–H groups in total. The minimum absolute atomic E-state index is 0.121. The van der Waals surface area contributed by atoms with Crippen LogP contribution in [0.1, 0.15) is 23.6 Å². The van der Waals surface area contributed by atoms with Crippen molar-refractivity contribution in [3.8, 4) is 16.9 Å². The molecule has 1 unspecified atom stereocenters. The molecular weight excluding hydrogens is 304 g/mol. The number of hydrogen-bond donors (Lipinski definition) is 2. The quantitative estimate of drug-likeness (QED) is 0.887. The molecular formula is C17H15F2NO3. The molecule has 0 aliphatic heterocycles. The van der Waals surface area contributed by atoms with E-state index >= 15 is 0 Å². The van der Waals surface area contributed by atoms with Crippen molar-refractivity contribution < 1.29 is 23.4 Å². The SMILES string of the molecule is O=C(O)NC1CCc2cc(-c3ccc(OC(F)F)cc3)ccc21. The number of carbonyl (C=O) groups is 1. The van der Waals surface area contributed by atoms with Crippen LogP contribution in [-0.4, -0.2) is 17.8 Å². The van der Waals surface area contributed by atoms with Crippen molar-refractivity contribution in [2.24, 2.45) is 0 Å². The van der Waals surface area contributed by atoms with Gasteiger partial charge in [0, 0.05) is 0 Å². The number of amides is 1. The summed E-state index contributed by atoms with van der Waals surface area (Å²) in [5.41, 5.74) is 3.95. The molecule has 4 nitrogen and oxygen atoms in total. The van der Waals surface area contributed by atoms with Crippen molar-refractivity contribution in [2.75, 3.05) is 0 Å². The lowest BCUT2D eigenvalue weighted by molar-refractivity contribution is -0.0498. The molecule has 1 amide bonds. The van der Waals surface area contributed by atoms with Crippen molar-refractivity contribution in [1.82, 2.24) is 5.32 Å². The average Bonchev–Trinajstić information content (AvgIpc) is 2.89. The van der Waals surface area contributed by atoms with Crippen LogP contribution in [0.5, 0.6) is 5.75 Å². The first-order valence-electron chi connectivity index (χ1n) is 7.20. The number of rotatable bonds is 4. The number of halogens is 2. The van der Waals surface area contributed by atoms with E-state index in [-0.39, 0.29) is 11.8 Å². The smallest absolute Gasteiger partial charge is 0.405 e. The first-order valence-corrected chi connectivity index (χ1v) is 7.20. The third-order valence-corrected chi connectivity index (χ3v) is 3.93. The molecule has 2 aromatic carbocycles. The monoisotopic (exact) mass is 319 g/mol. The van der Waals surface area contributed by atoms with Crippen LogP contribution >= 0.6 is 0 Å². The Hall–Kier alpha value is -2.63. The summed E-state index contributed by atoms with van der Waals surface area (Å²) in [6, 6.07) is 12.1. The highest BCUT2D eigenvalue weighted by Crippen LogP contribution is 2.34. The lowest BCUT2D eigenvalue weighted by Crippen LogP contribution is -2.24. The fourth-order valence-electron chi connectivity index (χ4n) is 2.92. The van der Waals surface area contributed by atoms with E-state index in [2.05, 4.69) is 10.1 Å². The third-order valence-electron chi connectivity index (χ3n) is 3.93. The van der Waals surface area contributed by atoms with Gasteiger partial charge in [0.15, 0.2) is 0 Å². The standard InChI is InChI=1S/C17H15F2NO3/c18-16(19)23-13-5-1-10(2-6-13)11-3-7-14-12(9-11)4-8-15(14)20-17(21)22/h1-3,5-7,9,15-16,20H,4,8H2,(H,21,22). The maximum absolute atomic E-state index is 12.2. The molecule has 0 spiro atoms. The van der Waals surface area contributed by atoms with Crippen molar-refractivity contribution >= 4 is 6.09 Å². The van der Waals surface area contributed by atoms with Crippen LogP contribution in [-0.2, 0) is 6.42 Å². The highest BCUT2D eigenvalue weighted by molar-refractivity contribution is 5.68. The summed E-state index contributed by atoms with van der Waals surface area (Å²) in [7, 11) is 0.